The van der Waals surface area contributed by atoms with Crippen LogP contribution in [0.5, 0.6) is 0 Å². The summed E-state index contributed by atoms with van der Waals surface area (Å²) in [4.78, 5) is 19.6. The highest BCUT2D eigenvalue weighted by Gasteiger charge is 2.22. The number of hydrogen-bond acceptors (Lipinski definition) is 5. The number of piperazine rings is 1. The van der Waals surface area contributed by atoms with Gasteiger partial charge < -0.3 is 5.32 Å². The Bertz CT molecular complexity index is 799. The summed E-state index contributed by atoms with van der Waals surface area (Å²) in [5.41, 5.74) is 1.03. The molecule has 1 aliphatic rings. The molecule has 6 nitrogen and oxygen atoms in total. The normalized spacial score (nSPS) is 17.3. The number of nitrogens with zero attached hydrogens (tertiary/aromatic N) is 4. The standard InChI is InChI=1S/C16H19N5O/c1-11(21-7-5-18-6-8-21)15-19-14-4-3-12(10-17)9-13(14)16(22)20(15)2/h3-4,9,11,18H,5-8H2,1-2H3. The van der Waals surface area contributed by atoms with Crippen LogP contribution in [-0.4, -0.2) is 40.6 Å². The summed E-state index contributed by atoms with van der Waals surface area (Å²) in [5.74, 6) is 0.768. The summed E-state index contributed by atoms with van der Waals surface area (Å²) in [6.07, 6.45) is 0. The van der Waals surface area contributed by atoms with Crippen molar-refractivity contribution in [3.63, 3.8) is 0 Å². The van der Waals surface area contributed by atoms with Crippen molar-refractivity contribution in [2.75, 3.05) is 26.2 Å². The molecule has 0 spiro atoms. The summed E-state index contributed by atoms with van der Waals surface area (Å²) >= 11 is 0. The molecule has 0 aliphatic carbocycles. The Balaban J connectivity index is 2.09. The van der Waals surface area contributed by atoms with Gasteiger partial charge in [-0.3, -0.25) is 14.3 Å². The highest BCUT2D eigenvalue weighted by Crippen LogP contribution is 2.19. The third kappa shape index (κ3) is 2.49. The van der Waals surface area contributed by atoms with E-state index in [-0.39, 0.29) is 11.6 Å². The lowest BCUT2D eigenvalue weighted by molar-refractivity contribution is 0.176. The predicted molar refractivity (Wildman–Crippen MR) is 84.6 cm³/mol. The fourth-order valence-corrected chi connectivity index (χ4v) is 2.96. The van der Waals surface area contributed by atoms with Gasteiger partial charge in [0.2, 0.25) is 0 Å². The van der Waals surface area contributed by atoms with Crippen LogP contribution in [0.4, 0.5) is 0 Å². The minimum atomic E-state index is -0.0981. The molecule has 0 bridgehead atoms. The van der Waals surface area contributed by atoms with Gasteiger partial charge in [-0.25, -0.2) is 4.98 Å². The van der Waals surface area contributed by atoms with Gasteiger partial charge in [-0.05, 0) is 25.1 Å². The molecule has 2 heterocycles. The lowest BCUT2D eigenvalue weighted by Gasteiger charge is -2.33. The lowest BCUT2D eigenvalue weighted by atomic mass is 10.1. The first-order valence-corrected chi connectivity index (χ1v) is 7.47. The number of aromatic nitrogens is 2. The first-order chi connectivity index (χ1) is 10.6. The Morgan fingerprint density at radius 1 is 1.36 bits per heavy atom. The van der Waals surface area contributed by atoms with Gasteiger partial charge in [0.1, 0.15) is 5.82 Å². The van der Waals surface area contributed by atoms with Crippen LogP contribution < -0.4 is 10.9 Å². The van der Waals surface area contributed by atoms with Crippen molar-refractivity contribution in [3.8, 4) is 6.07 Å². The maximum atomic E-state index is 12.6. The van der Waals surface area contributed by atoms with Crippen LogP contribution in [0.3, 0.4) is 0 Å². The average Bonchev–Trinajstić information content (AvgIpc) is 2.58. The lowest BCUT2D eigenvalue weighted by Crippen LogP contribution is -2.45. The SMILES string of the molecule is CC(c1nc2ccc(C#N)cc2c(=O)n1C)N1CCNCC1. The number of hydrogen-bond donors (Lipinski definition) is 1. The number of rotatable bonds is 2. The summed E-state index contributed by atoms with van der Waals surface area (Å²) in [6.45, 7) is 5.89. The maximum Gasteiger partial charge on any atom is 0.261 e. The third-order valence-electron chi connectivity index (χ3n) is 4.31. The molecule has 0 saturated carbocycles. The van der Waals surface area contributed by atoms with Crippen molar-refractivity contribution >= 4 is 10.9 Å². The summed E-state index contributed by atoms with van der Waals surface area (Å²) in [7, 11) is 1.75. The second-order valence-electron chi connectivity index (χ2n) is 5.64. The van der Waals surface area contributed by atoms with E-state index >= 15 is 0 Å². The van der Waals surface area contributed by atoms with Gasteiger partial charge >= 0.3 is 0 Å². The van der Waals surface area contributed by atoms with Crippen LogP contribution in [-0.2, 0) is 7.05 Å². The van der Waals surface area contributed by atoms with E-state index in [2.05, 4.69) is 28.2 Å². The molecule has 3 rings (SSSR count). The van der Waals surface area contributed by atoms with Crippen LogP contribution in [0.1, 0.15) is 24.4 Å². The summed E-state index contributed by atoms with van der Waals surface area (Å²) < 4.78 is 1.61. The Kier molecular flexibility index (Phi) is 3.92. The zero-order valence-corrected chi connectivity index (χ0v) is 12.8. The van der Waals surface area contributed by atoms with E-state index in [0.717, 1.165) is 32.0 Å². The molecule has 1 atom stereocenters. The molecule has 1 N–H and O–H groups in total. The van der Waals surface area contributed by atoms with Crippen molar-refractivity contribution in [1.82, 2.24) is 19.8 Å². The van der Waals surface area contributed by atoms with Crippen molar-refractivity contribution in [2.45, 2.75) is 13.0 Å². The van der Waals surface area contributed by atoms with Crippen LogP contribution in [0, 0.1) is 11.3 Å². The Hall–Kier alpha value is -2.23. The molecule has 1 aliphatic heterocycles. The van der Waals surface area contributed by atoms with Crippen LogP contribution in [0.15, 0.2) is 23.0 Å². The molecular weight excluding hydrogens is 278 g/mol. The van der Waals surface area contributed by atoms with E-state index in [1.54, 1.807) is 29.8 Å². The summed E-state index contributed by atoms with van der Waals surface area (Å²) in [6, 6.07) is 7.22. The zero-order chi connectivity index (χ0) is 15.7. The van der Waals surface area contributed by atoms with Gasteiger partial charge in [0, 0.05) is 33.2 Å². The van der Waals surface area contributed by atoms with Gasteiger partial charge in [0.25, 0.3) is 5.56 Å². The number of nitriles is 1. The molecule has 1 unspecified atom stereocenters. The first-order valence-electron chi connectivity index (χ1n) is 7.47. The van der Waals surface area contributed by atoms with Crippen LogP contribution in [0.25, 0.3) is 10.9 Å². The molecule has 2 aromatic rings. The van der Waals surface area contributed by atoms with Crippen molar-refractivity contribution < 1.29 is 0 Å². The molecule has 1 saturated heterocycles. The van der Waals surface area contributed by atoms with E-state index < -0.39 is 0 Å². The molecular formula is C16H19N5O. The third-order valence-corrected chi connectivity index (χ3v) is 4.31. The van der Waals surface area contributed by atoms with Gasteiger partial charge in [0.15, 0.2) is 0 Å². The quantitative estimate of drug-likeness (QED) is 0.886. The van der Waals surface area contributed by atoms with Gasteiger partial charge in [-0.2, -0.15) is 5.26 Å². The number of nitrogens with one attached hydrogen (secondary N) is 1. The molecule has 0 radical (unpaired) electrons. The smallest absolute Gasteiger partial charge is 0.261 e. The zero-order valence-electron chi connectivity index (χ0n) is 12.8. The minimum Gasteiger partial charge on any atom is -0.314 e. The highest BCUT2D eigenvalue weighted by atomic mass is 16.1. The van der Waals surface area contributed by atoms with E-state index in [9.17, 15) is 4.79 Å². The number of fused-ring (bicyclic) bond motifs is 1. The first kappa shape index (κ1) is 14.7. The van der Waals surface area contributed by atoms with Gasteiger partial charge in [-0.15, -0.1) is 0 Å². The molecule has 22 heavy (non-hydrogen) atoms. The van der Waals surface area contributed by atoms with Crippen LogP contribution >= 0.6 is 0 Å². The molecule has 1 fully saturated rings. The Morgan fingerprint density at radius 2 is 2.09 bits per heavy atom. The van der Waals surface area contributed by atoms with Gasteiger partial charge in [-0.1, -0.05) is 0 Å². The van der Waals surface area contributed by atoms with E-state index in [4.69, 9.17) is 5.26 Å². The predicted octanol–water partition coefficient (Wildman–Crippen LogP) is 0.771. The largest absolute Gasteiger partial charge is 0.314 e. The van der Waals surface area contributed by atoms with Crippen molar-refractivity contribution in [2.24, 2.45) is 7.05 Å². The monoisotopic (exact) mass is 297 g/mol. The second kappa shape index (κ2) is 5.87. The molecule has 0 amide bonds. The van der Waals surface area contributed by atoms with Gasteiger partial charge in [0.05, 0.1) is 28.6 Å². The minimum absolute atomic E-state index is 0.0832. The van der Waals surface area contributed by atoms with Crippen LogP contribution in [0.2, 0.25) is 0 Å². The fourth-order valence-electron chi connectivity index (χ4n) is 2.96. The number of benzene rings is 1. The highest BCUT2D eigenvalue weighted by molar-refractivity contribution is 5.79. The van der Waals surface area contributed by atoms with Crippen molar-refractivity contribution in [3.05, 3.63) is 39.9 Å². The topological polar surface area (TPSA) is 74.0 Å². The molecule has 6 heteroatoms. The summed E-state index contributed by atoms with van der Waals surface area (Å²) in [5, 5.41) is 12.8. The fraction of sp³-hybridized carbons (Fsp3) is 0.438. The van der Waals surface area contributed by atoms with E-state index in [1.165, 1.54) is 0 Å². The Morgan fingerprint density at radius 3 is 2.77 bits per heavy atom. The second-order valence-corrected chi connectivity index (χ2v) is 5.64. The average molecular weight is 297 g/mol. The molecule has 1 aromatic carbocycles. The van der Waals surface area contributed by atoms with E-state index in [0.29, 0.717) is 16.5 Å². The maximum absolute atomic E-state index is 12.6. The molecule has 114 valence electrons. The molecule has 1 aromatic heterocycles. The van der Waals surface area contributed by atoms with E-state index in [1.807, 2.05) is 0 Å². The van der Waals surface area contributed by atoms with Crippen molar-refractivity contribution in [1.29, 1.82) is 5.26 Å². The Labute approximate surface area is 129 Å².